The zero-order valence-electron chi connectivity index (χ0n) is 5.13. The first-order valence-corrected chi connectivity index (χ1v) is 2.43. The van der Waals surface area contributed by atoms with Crippen molar-refractivity contribution in [2.75, 3.05) is 0 Å². The molecule has 0 aliphatic heterocycles. The van der Waals surface area contributed by atoms with E-state index < -0.39 is 0 Å². The lowest BCUT2D eigenvalue weighted by molar-refractivity contribution is 0.160. The standard InChI is InChI=1S/C5H11NO2/c1-5(2)7-3-4-8-6/h3-5H,6H2,1-2H3. The van der Waals surface area contributed by atoms with Crippen LogP contribution in [-0.2, 0) is 9.57 Å². The Bertz CT molecular complexity index is 70.8. The Hall–Kier alpha value is -0.700. The first-order chi connectivity index (χ1) is 3.77. The first-order valence-electron chi connectivity index (χ1n) is 2.43. The minimum Gasteiger partial charge on any atom is -0.495 e. The van der Waals surface area contributed by atoms with Crippen molar-refractivity contribution in [2.45, 2.75) is 20.0 Å². The van der Waals surface area contributed by atoms with Crippen LogP contribution in [0.5, 0.6) is 0 Å². The zero-order valence-corrected chi connectivity index (χ0v) is 5.13. The van der Waals surface area contributed by atoms with Crippen molar-refractivity contribution in [3.05, 3.63) is 12.5 Å². The van der Waals surface area contributed by atoms with E-state index in [1.807, 2.05) is 13.8 Å². The molecular weight excluding hydrogens is 106 g/mol. The highest BCUT2D eigenvalue weighted by atomic mass is 16.6. The lowest BCUT2D eigenvalue weighted by Gasteiger charge is -2.00. The minimum absolute atomic E-state index is 0.182. The maximum Gasteiger partial charge on any atom is 0.145 e. The second-order valence-electron chi connectivity index (χ2n) is 1.59. The third-order valence-electron chi connectivity index (χ3n) is 0.485. The van der Waals surface area contributed by atoms with Crippen LogP contribution in [0.4, 0.5) is 0 Å². The van der Waals surface area contributed by atoms with Crippen molar-refractivity contribution in [3.8, 4) is 0 Å². The fourth-order valence-electron chi connectivity index (χ4n) is 0.221. The number of nitrogens with two attached hydrogens (primary N) is 1. The monoisotopic (exact) mass is 117 g/mol. The van der Waals surface area contributed by atoms with E-state index in [0.29, 0.717) is 0 Å². The molecule has 3 nitrogen and oxygen atoms in total. The second kappa shape index (κ2) is 4.46. The van der Waals surface area contributed by atoms with Crippen LogP contribution in [0.15, 0.2) is 12.5 Å². The van der Waals surface area contributed by atoms with Gasteiger partial charge in [0.1, 0.15) is 12.5 Å². The lowest BCUT2D eigenvalue weighted by Crippen LogP contribution is -1.96. The number of hydrogen-bond acceptors (Lipinski definition) is 3. The van der Waals surface area contributed by atoms with Gasteiger partial charge in [-0.25, -0.2) is 0 Å². The molecular formula is C5H11NO2. The molecule has 8 heavy (non-hydrogen) atoms. The van der Waals surface area contributed by atoms with Crippen LogP contribution < -0.4 is 5.90 Å². The van der Waals surface area contributed by atoms with Crippen LogP contribution in [0.1, 0.15) is 13.8 Å². The molecule has 2 N–H and O–H groups in total. The molecule has 0 saturated heterocycles. The molecule has 48 valence electrons. The third-order valence-corrected chi connectivity index (χ3v) is 0.485. The van der Waals surface area contributed by atoms with Gasteiger partial charge < -0.3 is 9.57 Å². The summed E-state index contributed by atoms with van der Waals surface area (Å²) < 4.78 is 4.90. The van der Waals surface area contributed by atoms with Crippen molar-refractivity contribution in [3.63, 3.8) is 0 Å². The molecule has 0 rings (SSSR count). The minimum atomic E-state index is 0.182. The summed E-state index contributed by atoms with van der Waals surface area (Å²) in [4.78, 5) is 4.09. The largest absolute Gasteiger partial charge is 0.495 e. The van der Waals surface area contributed by atoms with Crippen molar-refractivity contribution in [2.24, 2.45) is 5.90 Å². The van der Waals surface area contributed by atoms with E-state index in [0.717, 1.165) is 0 Å². The molecule has 0 heterocycles. The SMILES string of the molecule is CC(C)OC=CON. The molecule has 0 aromatic heterocycles. The molecule has 0 bridgehead atoms. The predicted molar refractivity (Wildman–Crippen MR) is 30.6 cm³/mol. The number of rotatable bonds is 3. The average molecular weight is 117 g/mol. The molecule has 0 aromatic carbocycles. The van der Waals surface area contributed by atoms with Crippen molar-refractivity contribution < 1.29 is 9.57 Å². The Labute approximate surface area is 49.0 Å². The van der Waals surface area contributed by atoms with Crippen LogP contribution >= 0.6 is 0 Å². The summed E-state index contributed by atoms with van der Waals surface area (Å²) in [6.07, 6.45) is 2.87. The Morgan fingerprint density at radius 1 is 1.38 bits per heavy atom. The van der Waals surface area contributed by atoms with Gasteiger partial charge in [0.2, 0.25) is 0 Å². The van der Waals surface area contributed by atoms with Gasteiger partial charge >= 0.3 is 0 Å². The Balaban J connectivity index is 3.03. The van der Waals surface area contributed by atoms with Crippen LogP contribution in [0.3, 0.4) is 0 Å². The van der Waals surface area contributed by atoms with Gasteiger partial charge in [-0.05, 0) is 13.8 Å². The maximum absolute atomic E-state index is 4.90. The van der Waals surface area contributed by atoms with Gasteiger partial charge in [0, 0.05) is 0 Å². The molecule has 0 fully saturated rings. The zero-order chi connectivity index (χ0) is 6.41. The van der Waals surface area contributed by atoms with Crippen LogP contribution in [0.25, 0.3) is 0 Å². The Morgan fingerprint density at radius 3 is 2.38 bits per heavy atom. The van der Waals surface area contributed by atoms with E-state index in [2.05, 4.69) is 10.7 Å². The van der Waals surface area contributed by atoms with E-state index in [1.165, 1.54) is 12.5 Å². The summed E-state index contributed by atoms with van der Waals surface area (Å²) in [7, 11) is 0. The molecule has 0 radical (unpaired) electrons. The Kier molecular flexibility index (Phi) is 4.07. The Morgan fingerprint density at radius 2 is 2.00 bits per heavy atom. The summed E-state index contributed by atoms with van der Waals surface area (Å²) in [6.45, 7) is 3.84. The molecule has 3 heteroatoms. The van der Waals surface area contributed by atoms with Crippen LogP contribution in [-0.4, -0.2) is 6.10 Å². The molecule has 0 atom stereocenters. The highest BCUT2D eigenvalue weighted by Crippen LogP contribution is 1.86. The first kappa shape index (κ1) is 7.30. The van der Waals surface area contributed by atoms with E-state index in [9.17, 15) is 0 Å². The van der Waals surface area contributed by atoms with Gasteiger partial charge in [-0.2, -0.15) is 5.90 Å². The predicted octanol–water partition coefficient (Wildman–Crippen LogP) is 0.773. The summed E-state index contributed by atoms with van der Waals surface area (Å²) >= 11 is 0. The average Bonchev–Trinajstić information content (AvgIpc) is 1.66. The van der Waals surface area contributed by atoms with E-state index in [-0.39, 0.29) is 6.10 Å². The van der Waals surface area contributed by atoms with Gasteiger partial charge in [-0.15, -0.1) is 0 Å². The molecule has 0 saturated carbocycles. The maximum atomic E-state index is 4.90. The van der Waals surface area contributed by atoms with Gasteiger partial charge in [-0.1, -0.05) is 0 Å². The molecule has 0 aliphatic rings. The van der Waals surface area contributed by atoms with Crippen molar-refractivity contribution >= 4 is 0 Å². The fraction of sp³-hybridized carbons (Fsp3) is 0.600. The quantitative estimate of drug-likeness (QED) is 0.438. The molecule has 0 amide bonds. The summed E-state index contributed by atoms with van der Waals surface area (Å²) in [6, 6.07) is 0. The van der Waals surface area contributed by atoms with E-state index in [4.69, 9.17) is 4.74 Å². The molecule has 0 unspecified atom stereocenters. The van der Waals surface area contributed by atoms with Crippen LogP contribution in [0.2, 0.25) is 0 Å². The summed E-state index contributed by atoms with van der Waals surface area (Å²) in [5.74, 6) is 4.65. The van der Waals surface area contributed by atoms with E-state index >= 15 is 0 Å². The topological polar surface area (TPSA) is 44.5 Å². The van der Waals surface area contributed by atoms with Crippen molar-refractivity contribution in [1.82, 2.24) is 0 Å². The summed E-state index contributed by atoms with van der Waals surface area (Å²) in [5.41, 5.74) is 0. The highest BCUT2D eigenvalue weighted by Gasteiger charge is 1.83. The number of ether oxygens (including phenoxy) is 1. The lowest BCUT2D eigenvalue weighted by atomic mass is 10.5. The normalized spacial score (nSPS) is 10.5. The highest BCUT2D eigenvalue weighted by molar-refractivity contribution is 4.60. The number of hydrogen-bond donors (Lipinski definition) is 1. The van der Waals surface area contributed by atoms with Gasteiger partial charge in [0.25, 0.3) is 0 Å². The molecule has 0 spiro atoms. The third kappa shape index (κ3) is 5.30. The second-order valence-corrected chi connectivity index (χ2v) is 1.59. The van der Waals surface area contributed by atoms with Gasteiger partial charge in [0.05, 0.1) is 6.10 Å². The van der Waals surface area contributed by atoms with Crippen LogP contribution in [0, 0.1) is 0 Å². The smallest absolute Gasteiger partial charge is 0.145 e. The van der Waals surface area contributed by atoms with E-state index in [1.54, 1.807) is 0 Å². The molecule has 0 aliphatic carbocycles. The fourth-order valence-corrected chi connectivity index (χ4v) is 0.221. The summed E-state index contributed by atoms with van der Waals surface area (Å²) in [5, 5.41) is 0. The van der Waals surface area contributed by atoms with Crippen molar-refractivity contribution in [1.29, 1.82) is 0 Å². The van der Waals surface area contributed by atoms with Gasteiger partial charge in [-0.3, -0.25) is 0 Å². The molecule has 0 aromatic rings. The van der Waals surface area contributed by atoms with Gasteiger partial charge in [0.15, 0.2) is 0 Å².